The second-order valence-electron chi connectivity index (χ2n) is 3.72. The first-order valence-electron chi connectivity index (χ1n) is 5.90. The maximum atomic E-state index is 11.3. The van der Waals surface area contributed by atoms with Gasteiger partial charge in [0, 0.05) is 12.5 Å². The van der Waals surface area contributed by atoms with Crippen LogP contribution >= 0.6 is 0 Å². The molecule has 0 heterocycles. The molecule has 0 radical (unpaired) electrons. The Morgan fingerprint density at radius 3 is 2.42 bits per heavy atom. The smallest absolute Gasteiger partial charge is 0.335 e. The lowest BCUT2D eigenvalue weighted by molar-refractivity contribution is -0.157. The van der Waals surface area contributed by atoms with Gasteiger partial charge in [-0.15, -0.1) is 0 Å². The number of carbonyl (C=O) groups is 2. The van der Waals surface area contributed by atoms with Gasteiger partial charge in [0.05, 0.1) is 5.56 Å². The van der Waals surface area contributed by atoms with Crippen LogP contribution in [0.1, 0.15) is 30.6 Å². The quantitative estimate of drug-likeness (QED) is 0.485. The van der Waals surface area contributed by atoms with Crippen LogP contribution in [0, 0.1) is 0 Å². The predicted molar refractivity (Wildman–Crippen MR) is 69.0 cm³/mol. The molecule has 0 aliphatic heterocycles. The molecule has 5 nitrogen and oxygen atoms in total. The Kier molecular flexibility index (Phi) is 5.60. The summed E-state index contributed by atoms with van der Waals surface area (Å²) in [6, 6.07) is 5.90. The van der Waals surface area contributed by atoms with Crippen LogP contribution in [0.4, 0.5) is 0 Å². The van der Waals surface area contributed by atoms with E-state index in [0.29, 0.717) is 12.2 Å². The fourth-order valence-corrected chi connectivity index (χ4v) is 1.32. The summed E-state index contributed by atoms with van der Waals surface area (Å²) in [5.41, 5.74) is 0.173. The minimum Gasteiger partial charge on any atom is -0.478 e. The first-order chi connectivity index (χ1) is 9.06. The summed E-state index contributed by atoms with van der Waals surface area (Å²) in [5.74, 6) is -1.03. The van der Waals surface area contributed by atoms with Gasteiger partial charge in [-0.25, -0.2) is 9.59 Å². The molecule has 1 N–H and O–H groups in total. The third-order valence-corrected chi connectivity index (χ3v) is 2.25. The summed E-state index contributed by atoms with van der Waals surface area (Å²) in [6.07, 6.45) is 2.68. The monoisotopic (exact) mass is 264 g/mol. The van der Waals surface area contributed by atoms with Crippen molar-refractivity contribution >= 4 is 11.9 Å². The molecule has 0 bridgehead atoms. The SMILES string of the molecule is C/C=C/C(=O)OC(CC)Oc1ccc(C(=O)O)cc1. The van der Waals surface area contributed by atoms with E-state index in [0.717, 1.165) is 0 Å². The molecule has 1 aromatic rings. The van der Waals surface area contributed by atoms with Crippen molar-refractivity contribution in [1.29, 1.82) is 0 Å². The normalized spacial score (nSPS) is 12.1. The highest BCUT2D eigenvalue weighted by atomic mass is 16.7. The van der Waals surface area contributed by atoms with Gasteiger partial charge in [-0.3, -0.25) is 0 Å². The number of ether oxygens (including phenoxy) is 2. The van der Waals surface area contributed by atoms with Gasteiger partial charge in [-0.2, -0.15) is 0 Å². The van der Waals surface area contributed by atoms with E-state index in [4.69, 9.17) is 14.6 Å². The topological polar surface area (TPSA) is 72.8 Å². The van der Waals surface area contributed by atoms with E-state index in [9.17, 15) is 9.59 Å². The van der Waals surface area contributed by atoms with Crippen molar-refractivity contribution in [3.63, 3.8) is 0 Å². The molecule has 0 aliphatic rings. The lowest BCUT2D eigenvalue weighted by Gasteiger charge is -2.17. The summed E-state index contributed by atoms with van der Waals surface area (Å²) < 4.78 is 10.5. The highest BCUT2D eigenvalue weighted by Crippen LogP contribution is 2.15. The second kappa shape index (κ2) is 7.20. The van der Waals surface area contributed by atoms with Gasteiger partial charge in [-0.1, -0.05) is 13.0 Å². The zero-order valence-electron chi connectivity index (χ0n) is 10.8. The van der Waals surface area contributed by atoms with Crippen molar-refractivity contribution in [2.24, 2.45) is 0 Å². The Hall–Kier alpha value is -2.30. The highest BCUT2D eigenvalue weighted by molar-refractivity contribution is 5.87. The van der Waals surface area contributed by atoms with Crippen LogP contribution in [0.15, 0.2) is 36.4 Å². The molecule has 1 unspecified atom stereocenters. The number of carboxylic acid groups (broad SMARTS) is 1. The predicted octanol–water partition coefficient (Wildman–Crippen LogP) is 2.62. The molecule has 5 heteroatoms. The summed E-state index contributed by atoms with van der Waals surface area (Å²) in [4.78, 5) is 22.0. The number of hydrogen-bond acceptors (Lipinski definition) is 4. The second-order valence-corrected chi connectivity index (χ2v) is 3.72. The van der Waals surface area contributed by atoms with Crippen LogP contribution in [0.5, 0.6) is 5.75 Å². The Balaban J connectivity index is 2.65. The van der Waals surface area contributed by atoms with Crippen molar-refractivity contribution < 1.29 is 24.2 Å². The average Bonchev–Trinajstić information content (AvgIpc) is 2.38. The number of esters is 1. The number of allylic oxidation sites excluding steroid dienone is 1. The number of rotatable bonds is 6. The van der Waals surface area contributed by atoms with Crippen molar-refractivity contribution in [3.05, 3.63) is 42.0 Å². The van der Waals surface area contributed by atoms with Crippen LogP contribution in [0.25, 0.3) is 0 Å². The fraction of sp³-hybridized carbons (Fsp3) is 0.286. The van der Waals surface area contributed by atoms with Gasteiger partial charge in [0.15, 0.2) is 0 Å². The molecule has 0 spiro atoms. The minimum atomic E-state index is -1.00. The molecule has 19 heavy (non-hydrogen) atoms. The number of aromatic carboxylic acids is 1. The maximum absolute atomic E-state index is 11.3. The van der Waals surface area contributed by atoms with Gasteiger partial charge in [-0.05, 0) is 31.2 Å². The maximum Gasteiger partial charge on any atom is 0.335 e. The molecular weight excluding hydrogens is 248 g/mol. The molecule has 0 saturated heterocycles. The van der Waals surface area contributed by atoms with Crippen LogP contribution < -0.4 is 4.74 Å². The molecule has 0 aliphatic carbocycles. The molecule has 0 saturated carbocycles. The van der Waals surface area contributed by atoms with E-state index in [1.165, 1.54) is 30.3 Å². The Bertz CT molecular complexity index is 461. The summed E-state index contributed by atoms with van der Waals surface area (Å²) in [7, 11) is 0. The average molecular weight is 264 g/mol. The third kappa shape index (κ3) is 4.83. The van der Waals surface area contributed by atoms with Crippen LogP contribution in [0.2, 0.25) is 0 Å². The molecule has 0 amide bonds. The van der Waals surface area contributed by atoms with Gasteiger partial charge in [0.2, 0.25) is 6.29 Å². The Labute approximate surface area is 111 Å². The van der Waals surface area contributed by atoms with Gasteiger partial charge in [0.1, 0.15) is 5.75 Å². The summed E-state index contributed by atoms with van der Waals surface area (Å²) in [6.45, 7) is 3.53. The standard InChI is InChI=1S/C14H16O5/c1-3-5-12(15)19-13(4-2)18-11-8-6-10(7-9-11)14(16)17/h3,5-9,13H,4H2,1-2H3,(H,16,17)/b5-3+. The highest BCUT2D eigenvalue weighted by Gasteiger charge is 2.12. The van der Waals surface area contributed by atoms with Crippen molar-refractivity contribution in [1.82, 2.24) is 0 Å². The minimum absolute atomic E-state index is 0.173. The lowest BCUT2D eigenvalue weighted by Crippen LogP contribution is -2.22. The zero-order chi connectivity index (χ0) is 14.3. The summed E-state index contributed by atoms with van der Waals surface area (Å²) in [5, 5.41) is 8.76. The van der Waals surface area contributed by atoms with E-state index < -0.39 is 18.2 Å². The number of carbonyl (C=O) groups excluding carboxylic acids is 1. The molecule has 0 fully saturated rings. The molecule has 1 aromatic carbocycles. The molecule has 0 aromatic heterocycles. The van der Waals surface area contributed by atoms with E-state index >= 15 is 0 Å². The van der Waals surface area contributed by atoms with E-state index in [1.54, 1.807) is 13.0 Å². The largest absolute Gasteiger partial charge is 0.478 e. The van der Waals surface area contributed by atoms with Crippen LogP contribution in [-0.4, -0.2) is 23.3 Å². The van der Waals surface area contributed by atoms with Gasteiger partial charge in [0.25, 0.3) is 0 Å². The number of hydrogen-bond donors (Lipinski definition) is 1. The van der Waals surface area contributed by atoms with E-state index in [-0.39, 0.29) is 5.56 Å². The Morgan fingerprint density at radius 2 is 1.95 bits per heavy atom. The molecule has 1 atom stereocenters. The first-order valence-corrected chi connectivity index (χ1v) is 5.90. The summed E-state index contributed by atoms with van der Waals surface area (Å²) >= 11 is 0. The number of benzene rings is 1. The first kappa shape index (κ1) is 14.8. The van der Waals surface area contributed by atoms with E-state index in [1.807, 2.05) is 6.92 Å². The van der Waals surface area contributed by atoms with Crippen LogP contribution in [0.3, 0.4) is 0 Å². The molecular formula is C14H16O5. The van der Waals surface area contributed by atoms with Gasteiger partial charge < -0.3 is 14.6 Å². The Morgan fingerprint density at radius 1 is 1.32 bits per heavy atom. The van der Waals surface area contributed by atoms with Crippen molar-refractivity contribution in [2.45, 2.75) is 26.6 Å². The van der Waals surface area contributed by atoms with Crippen molar-refractivity contribution in [2.75, 3.05) is 0 Å². The fourth-order valence-electron chi connectivity index (χ4n) is 1.32. The molecule has 102 valence electrons. The van der Waals surface area contributed by atoms with Crippen LogP contribution in [-0.2, 0) is 9.53 Å². The lowest BCUT2D eigenvalue weighted by atomic mass is 10.2. The molecule has 1 rings (SSSR count). The van der Waals surface area contributed by atoms with Crippen molar-refractivity contribution in [3.8, 4) is 5.75 Å². The third-order valence-electron chi connectivity index (χ3n) is 2.25. The number of carboxylic acids is 1. The van der Waals surface area contributed by atoms with E-state index in [2.05, 4.69) is 0 Å². The zero-order valence-corrected chi connectivity index (χ0v) is 10.8. The van der Waals surface area contributed by atoms with Gasteiger partial charge >= 0.3 is 11.9 Å².